The van der Waals surface area contributed by atoms with Crippen molar-refractivity contribution in [2.45, 2.75) is 56.3 Å². The normalized spacial score (nSPS) is 12.9. The summed E-state index contributed by atoms with van der Waals surface area (Å²) in [4.78, 5) is 68.5. The third-order valence-electron chi connectivity index (χ3n) is 10.0. The molecule has 0 fully saturated rings. The largest absolute Gasteiger partial charge is 0.508 e. The zero-order valence-electron chi connectivity index (χ0n) is 32.7. The fourth-order valence-electron chi connectivity index (χ4n) is 6.86. The summed E-state index contributed by atoms with van der Waals surface area (Å²) in [6, 6.07) is 38.5. The summed E-state index contributed by atoms with van der Waals surface area (Å²) < 4.78 is 0. The number of hydrogen-bond acceptors (Lipinski definition) is 7. The van der Waals surface area contributed by atoms with E-state index in [0.717, 1.165) is 21.9 Å². The van der Waals surface area contributed by atoms with E-state index >= 15 is 0 Å². The van der Waals surface area contributed by atoms with Crippen LogP contribution in [0.25, 0.3) is 10.8 Å². The number of aliphatic carboxylic acids is 1. The molecule has 0 heterocycles. The van der Waals surface area contributed by atoms with Crippen LogP contribution in [-0.2, 0) is 56.1 Å². The summed E-state index contributed by atoms with van der Waals surface area (Å²) in [7, 11) is 0. The number of carboxylic acid groups (broad SMARTS) is 1. The Balaban J connectivity index is 1.24. The number of nitrogens with one attached hydrogen (secondary N) is 4. The van der Waals surface area contributed by atoms with Crippen LogP contribution >= 0.6 is 0 Å². The Morgan fingerprint density at radius 1 is 0.400 bits per heavy atom. The van der Waals surface area contributed by atoms with Gasteiger partial charge in [-0.1, -0.05) is 127 Å². The number of fused-ring (bicyclic) bond motifs is 1. The molecule has 4 atom stereocenters. The average Bonchev–Trinajstić information content (AvgIpc) is 3.24. The van der Waals surface area contributed by atoms with Crippen LogP contribution in [0.4, 0.5) is 0 Å². The van der Waals surface area contributed by atoms with Crippen LogP contribution in [0.5, 0.6) is 11.5 Å². The molecule has 0 aliphatic carbocycles. The first-order valence-electron chi connectivity index (χ1n) is 19.5. The molecular weight excluding hydrogens is 761 g/mol. The van der Waals surface area contributed by atoms with E-state index in [-0.39, 0.29) is 43.6 Å². The molecule has 0 unspecified atom stereocenters. The van der Waals surface area contributed by atoms with Crippen molar-refractivity contribution in [2.75, 3.05) is 0 Å². The molecule has 0 saturated carbocycles. The molecule has 60 heavy (non-hydrogen) atoms. The first-order valence-corrected chi connectivity index (χ1v) is 19.5. The highest BCUT2D eigenvalue weighted by molar-refractivity contribution is 5.96. The van der Waals surface area contributed by atoms with Crippen LogP contribution < -0.4 is 21.3 Å². The Morgan fingerprint density at radius 3 is 1.23 bits per heavy atom. The molecule has 0 bridgehead atoms. The van der Waals surface area contributed by atoms with Crippen LogP contribution in [0.15, 0.2) is 152 Å². The van der Waals surface area contributed by atoms with Gasteiger partial charge in [-0.2, -0.15) is 0 Å². The van der Waals surface area contributed by atoms with E-state index < -0.39 is 53.8 Å². The van der Waals surface area contributed by atoms with Gasteiger partial charge in [-0.05, 0) is 62.9 Å². The lowest BCUT2D eigenvalue weighted by molar-refractivity contribution is -0.142. The molecule has 306 valence electrons. The van der Waals surface area contributed by atoms with Crippen molar-refractivity contribution in [1.82, 2.24) is 21.3 Å². The number of phenolic OH excluding ortho intramolecular Hbond substituents is 2. The molecule has 7 N–H and O–H groups in total. The highest BCUT2D eigenvalue weighted by atomic mass is 16.4. The second-order valence-electron chi connectivity index (χ2n) is 14.6. The van der Waals surface area contributed by atoms with Gasteiger partial charge in [0.1, 0.15) is 35.7 Å². The number of benzene rings is 6. The van der Waals surface area contributed by atoms with Crippen molar-refractivity contribution in [3.8, 4) is 11.5 Å². The Hall–Kier alpha value is -7.47. The zero-order chi connectivity index (χ0) is 42.4. The van der Waals surface area contributed by atoms with Gasteiger partial charge in [-0.3, -0.25) is 19.2 Å². The third-order valence-corrected chi connectivity index (χ3v) is 10.0. The van der Waals surface area contributed by atoms with Crippen molar-refractivity contribution in [3.63, 3.8) is 0 Å². The van der Waals surface area contributed by atoms with E-state index in [0.29, 0.717) is 16.7 Å². The molecule has 6 rings (SSSR count). The summed E-state index contributed by atoms with van der Waals surface area (Å²) in [5, 5.41) is 42.7. The topological polar surface area (TPSA) is 194 Å². The van der Waals surface area contributed by atoms with Crippen molar-refractivity contribution in [1.29, 1.82) is 0 Å². The summed E-state index contributed by atoms with van der Waals surface area (Å²) in [5.74, 6) is -3.85. The van der Waals surface area contributed by atoms with E-state index in [2.05, 4.69) is 21.3 Å². The highest BCUT2D eigenvalue weighted by Gasteiger charge is 2.32. The molecule has 0 aromatic heterocycles. The number of aromatic hydroxyl groups is 2. The minimum absolute atomic E-state index is 0.000670. The molecule has 12 heteroatoms. The van der Waals surface area contributed by atoms with E-state index in [1.165, 1.54) is 24.3 Å². The van der Waals surface area contributed by atoms with Crippen LogP contribution in [0.3, 0.4) is 0 Å². The molecule has 6 aromatic carbocycles. The Labute approximate surface area is 347 Å². The Morgan fingerprint density at radius 2 is 0.767 bits per heavy atom. The van der Waals surface area contributed by atoms with Crippen molar-refractivity contribution in [2.24, 2.45) is 0 Å². The average molecular weight is 807 g/mol. The lowest BCUT2D eigenvalue weighted by Crippen LogP contribution is -2.59. The molecule has 0 spiro atoms. The smallest absolute Gasteiger partial charge is 0.326 e. The number of carbonyl (C=O) groups is 5. The van der Waals surface area contributed by atoms with Gasteiger partial charge >= 0.3 is 5.97 Å². The van der Waals surface area contributed by atoms with Gasteiger partial charge in [-0.25, -0.2) is 4.79 Å². The molecule has 0 saturated heterocycles. The van der Waals surface area contributed by atoms with Gasteiger partial charge in [0.15, 0.2) is 0 Å². The lowest BCUT2D eigenvalue weighted by Gasteiger charge is -2.26. The first-order chi connectivity index (χ1) is 29.0. The van der Waals surface area contributed by atoms with Gasteiger partial charge in [0.25, 0.3) is 0 Å². The summed E-state index contributed by atoms with van der Waals surface area (Å²) in [5.41, 5.74) is 3.33. The summed E-state index contributed by atoms with van der Waals surface area (Å²) in [6.07, 6.45) is -0.0473. The van der Waals surface area contributed by atoms with Crippen LogP contribution in [0.2, 0.25) is 0 Å². The van der Waals surface area contributed by atoms with E-state index in [1.807, 2.05) is 72.8 Å². The first kappa shape index (κ1) is 42.1. The standard InChI is InChI=1S/C48H46N4O8/c53-38-21-16-33(17-22-38)28-42(46(57)51-41(27-32-11-5-2-6-12-32)47(58)52-43(48(59)60)29-34-18-23-39(54)24-19-34)50-45(56)40(26-31-9-3-1-4-10-31)49-44(55)30-35-15-20-36-13-7-8-14-37(36)25-35/h1-25,40-43,53-54H,26-30H2,(H,49,55)(H,50,56)(H,51,57)(H,52,58)(H,59,60)/t40-,41-,42-,43-/m0/s1. The number of carbonyl (C=O) groups excluding carboxylic acids is 4. The molecule has 0 aliphatic heterocycles. The third kappa shape index (κ3) is 12.3. The van der Waals surface area contributed by atoms with E-state index in [1.54, 1.807) is 54.6 Å². The van der Waals surface area contributed by atoms with Gasteiger partial charge in [0.05, 0.1) is 6.42 Å². The van der Waals surface area contributed by atoms with E-state index in [4.69, 9.17) is 0 Å². The summed E-state index contributed by atoms with van der Waals surface area (Å²) in [6.45, 7) is 0. The molecular formula is C48H46N4O8. The summed E-state index contributed by atoms with van der Waals surface area (Å²) >= 11 is 0. The fraction of sp³-hybridized carbons (Fsp3) is 0.188. The predicted molar refractivity (Wildman–Crippen MR) is 227 cm³/mol. The Kier molecular flexibility index (Phi) is 14.3. The highest BCUT2D eigenvalue weighted by Crippen LogP contribution is 2.17. The van der Waals surface area contributed by atoms with Gasteiger partial charge < -0.3 is 36.6 Å². The molecule has 4 amide bonds. The van der Waals surface area contributed by atoms with Crippen LogP contribution in [0, 0.1) is 0 Å². The number of amides is 4. The lowest BCUT2D eigenvalue weighted by atomic mass is 10.00. The number of carboxylic acids is 1. The number of hydrogen-bond donors (Lipinski definition) is 7. The van der Waals surface area contributed by atoms with Gasteiger partial charge in [0.2, 0.25) is 23.6 Å². The quantitative estimate of drug-likeness (QED) is 0.0645. The van der Waals surface area contributed by atoms with Crippen molar-refractivity contribution in [3.05, 3.63) is 179 Å². The predicted octanol–water partition coefficient (Wildman–Crippen LogP) is 4.79. The molecule has 6 aromatic rings. The Bertz CT molecular complexity index is 2410. The molecule has 0 radical (unpaired) electrons. The second kappa shape index (κ2) is 20.3. The maximum atomic E-state index is 14.4. The van der Waals surface area contributed by atoms with E-state index in [9.17, 15) is 39.3 Å². The van der Waals surface area contributed by atoms with Crippen LogP contribution in [-0.4, -0.2) is 69.1 Å². The molecule has 12 nitrogen and oxygen atoms in total. The monoisotopic (exact) mass is 806 g/mol. The SMILES string of the molecule is O=C(Cc1ccc2ccccc2c1)N[C@@H](Cc1ccccc1)C(=O)N[C@@H](Cc1ccc(O)cc1)C(=O)N[C@@H](Cc1ccccc1)C(=O)N[C@@H](Cc1ccc(O)cc1)C(=O)O. The maximum absolute atomic E-state index is 14.4. The minimum atomic E-state index is -1.37. The minimum Gasteiger partial charge on any atom is -0.508 e. The zero-order valence-corrected chi connectivity index (χ0v) is 32.7. The van der Waals surface area contributed by atoms with Crippen LogP contribution in [0.1, 0.15) is 27.8 Å². The van der Waals surface area contributed by atoms with Gasteiger partial charge in [-0.15, -0.1) is 0 Å². The second-order valence-corrected chi connectivity index (χ2v) is 14.6. The maximum Gasteiger partial charge on any atom is 0.326 e. The number of phenols is 2. The fourth-order valence-corrected chi connectivity index (χ4v) is 6.86. The van der Waals surface area contributed by atoms with Crippen molar-refractivity contribution < 1.29 is 39.3 Å². The van der Waals surface area contributed by atoms with Gasteiger partial charge in [0, 0.05) is 25.7 Å². The van der Waals surface area contributed by atoms with Crippen molar-refractivity contribution >= 4 is 40.4 Å². The molecule has 0 aliphatic rings. The number of rotatable bonds is 18.